The van der Waals surface area contributed by atoms with Crippen molar-refractivity contribution in [2.45, 2.75) is 26.7 Å². The molecule has 0 aliphatic rings. The molecule has 0 spiro atoms. The van der Waals surface area contributed by atoms with E-state index in [1.165, 1.54) is 0 Å². The van der Waals surface area contributed by atoms with E-state index in [4.69, 9.17) is 11.5 Å². The van der Waals surface area contributed by atoms with Gasteiger partial charge >= 0.3 is 0 Å². The van der Waals surface area contributed by atoms with Crippen LogP contribution in [0.15, 0.2) is 12.2 Å². The average molecular weight is 156 g/mol. The summed E-state index contributed by atoms with van der Waals surface area (Å²) in [6.45, 7) is 5.66. The van der Waals surface area contributed by atoms with Gasteiger partial charge in [0.25, 0.3) is 0 Å². The molecule has 2 heteroatoms. The van der Waals surface area contributed by atoms with Crippen molar-refractivity contribution in [3.8, 4) is 0 Å². The predicted molar refractivity (Wildman–Crippen MR) is 50.3 cm³/mol. The van der Waals surface area contributed by atoms with Crippen molar-refractivity contribution in [2.24, 2.45) is 16.9 Å². The fourth-order valence-electron chi connectivity index (χ4n) is 1.16. The van der Waals surface area contributed by atoms with Gasteiger partial charge in [-0.15, -0.1) is 0 Å². The van der Waals surface area contributed by atoms with E-state index in [-0.39, 0.29) is 5.41 Å². The number of hydrogen-bond acceptors (Lipinski definition) is 2. The van der Waals surface area contributed by atoms with Crippen LogP contribution < -0.4 is 11.5 Å². The number of rotatable bonds is 5. The quantitative estimate of drug-likeness (QED) is 0.589. The Labute approximate surface area is 69.6 Å². The topological polar surface area (TPSA) is 52.0 Å². The van der Waals surface area contributed by atoms with Crippen LogP contribution in [0.3, 0.4) is 0 Å². The standard InChI is InChI=1S/C9H20N2/c1-3-5-9(2,8-11)6-4-7-10/h3,5H,4,6-8,10-11H2,1-2H3. The molecular formula is C9H20N2. The van der Waals surface area contributed by atoms with Gasteiger partial charge in [0.1, 0.15) is 0 Å². The summed E-state index contributed by atoms with van der Waals surface area (Å²) in [4.78, 5) is 0. The number of hydrogen-bond donors (Lipinski definition) is 2. The molecule has 0 aromatic heterocycles. The van der Waals surface area contributed by atoms with Gasteiger partial charge in [-0.25, -0.2) is 0 Å². The third-order valence-corrected chi connectivity index (χ3v) is 1.99. The Morgan fingerprint density at radius 3 is 2.36 bits per heavy atom. The van der Waals surface area contributed by atoms with Crippen LogP contribution in [0.4, 0.5) is 0 Å². The molecule has 0 aliphatic heterocycles. The minimum Gasteiger partial charge on any atom is -0.330 e. The summed E-state index contributed by atoms with van der Waals surface area (Å²) in [5, 5.41) is 0. The Hall–Kier alpha value is -0.340. The predicted octanol–water partition coefficient (Wildman–Crippen LogP) is 1.27. The molecule has 11 heavy (non-hydrogen) atoms. The highest BCUT2D eigenvalue weighted by Gasteiger charge is 2.16. The minimum absolute atomic E-state index is 0.161. The Balaban J connectivity index is 3.88. The lowest BCUT2D eigenvalue weighted by molar-refractivity contribution is 0.393. The lowest BCUT2D eigenvalue weighted by atomic mass is 9.85. The van der Waals surface area contributed by atoms with Crippen molar-refractivity contribution in [3.63, 3.8) is 0 Å². The first-order valence-corrected chi connectivity index (χ1v) is 4.22. The largest absolute Gasteiger partial charge is 0.330 e. The van der Waals surface area contributed by atoms with Crippen LogP contribution >= 0.6 is 0 Å². The monoisotopic (exact) mass is 156 g/mol. The van der Waals surface area contributed by atoms with Crippen LogP contribution in [-0.4, -0.2) is 13.1 Å². The van der Waals surface area contributed by atoms with E-state index >= 15 is 0 Å². The van der Waals surface area contributed by atoms with Crippen LogP contribution in [-0.2, 0) is 0 Å². The third kappa shape index (κ3) is 4.17. The first-order valence-electron chi connectivity index (χ1n) is 4.22. The Kier molecular flexibility index (Phi) is 5.16. The first-order chi connectivity index (χ1) is 5.18. The molecule has 0 heterocycles. The zero-order valence-corrected chi connectivity index (χ0v) is 7.64. The van der Waals surface area contributed by atoms with E-state index in [2.05, 4.69) is 19.1 Å². The van der Waals surface area contributed by atoms with Crippen LogP contribution in [0.5, 0.6) is 0 Å². The second-order valence-electron chi connectivity index (χ2n) is 3.25. The zero-order chi connectivity index (χ0) is 8.74. The van der Waals surface area contributed by atoms with E-state index in [1.807, 2.05) is 6.92 Å². The smallest absolute Gasteiger partial charge is 0.00115 e. The molecule has 0 saturated carbocycles. The lowest BCUT2D eigenvalue weighted by Gasteiger charge is -2.23. The second-order valence-corrected chi connectivity index (χ2v) is 3.25. The summed E-state index contributed by atoms with van der Waals surface area (Å²) in [6, 6.07) is 0. The molecule has 0 rings (SSSR count). The molecule has 4 N–H and O–H groups in total. The van der Waals surface area contributed by atoms with Crippen LogP contribution in [0, 0.1) is 5.41 Å². The normalized spacial score (nSPS) is 17.1. The van der Waals surface area contributed by atoms with Gasteiger partial charge in [-0.05, 0) is 31.7 Å². The molecule has 2 nitrogen and oxygen atoms in total. The minimum atomic E-state index is 0.161. The van der Waals surface area contributed by atoms with Gasteiger partial charge in [0.05, 0.1) is 0 Å². The van der Waals surface area contributed by atoms with Gasteiger partial charge in [0, 0.05) is 6.54 Å². The maximum absolute atomic E-state index is 5.64. The van der Waals surface area contributed by atoms with Crippen molar-refractivity contribution in [2.75, 3.05) is 13.1 Å². The molecule has 0 saturated heterocycles. The maximum Gasteiger partial charge on any atom is 0.00115 e. The highest BCUT2D eigenvalue weighted by molar-refractivity contribution is 4.96. The molecule has 0 aromatic rings. The zero-order valence-electron chi connectivity index (χ0n) is 7.64. The van der Waals surface area contributed by atoms with Crippen molar-refractivity contribution < 1.29 is 0 Å². The van der Waals surface area contributed by atoms with Gasteiger partial charge in [-0.3, -0.25) is 0 Å². The third-order valence-electron chi connectivity index (χ3n) is 1.99. The summed E-state index contributed by atoms with van der Waals surface area (Å²) in [6.07, 6.45) is 6.37. The number of allylic oxidation sites excluding steroid dienone is 1. The number of nitrogens with two attached hydrogens (primary N) is 2. The lowest BCUT2D eigenvalue weighted by Crippen LogP contribution is -2.25. The maximum atomic E-state index is 5.64. The van der Waals surface area contributed by atoms with Gasteiger partial charge in [0.15, 0.2) is 0 Å². The van der Waals surface area contributed by atoms with Crippen molar-refractivity contribution >= 4 is 0 Å². The van der Waals surface area contributed by atoms with E-state index in [9.17, 15) is 0 Å². The fraction of sp³-hybridized carbons (Fsp3) is 0.778. The molecule has 0 radical (unpaired) electrons. The molecule has 1 unspecified atom stereocenters. The SMILES string of the molecule is CC=CC(C)(CN)CCCN. The summed E-state index contributed by atoms with van der Waals surface area (Å²) < 4.78 is 0. The van der Waals surface area contributed by atoms with E-state index in [0.29, 0.717) is 6.54 Å². The van der Waals surface area contributed by atoms with Gasteiger partial charge in [0.2, 0.25) is 0 Å². The summed E-state index contributed by atoms with van der Waals surface area (Å²) in [5.41, 5.74) is 11.2. The van der Waals surface area contributed by atoms with Crippen LogP contribution in [0.2, 0.25) is 0 Å². The highest BCUT2D eigenvalue weighted by atomic mass is 14.6. The van der Waals surface area contributed by atoms with Gasteiger partial charge in [-0.2, -0.15) is 0 Å². The van der Waals surface area contributed by atoms with Crippen LogP contribution in [0.25, 0.3) is 0 Å². The van der Waals surface area contributed by atoms with Crippen LogP contribution in [0.1, 0.15) is 26.7 Å². The van der Waals surface area contributed by atoms with Crippen molar-refractivity contribution in [3.05, 3.63) is 12.2 Å². The first kappa shape index (κ1) is 10.7. The van der Waals surface area contributed by atoms with Crippen molar-refractivity contribution in [1.82, 2.24) is 0 Å². The van der Waals surface area contributed by atoms with Gasteiger partial charge < -0.3 is 11.5 Å². The Morgan fingerprint density at radius 1 is 1.36 bits per heavy atom. The molecule has 0 amide bonds. The fourth-order valence-corrected chi connectivity index (χ4v) is 1.16. The molecule has 1 atom stereocenters. The molecule has 0 bridgehead atoms. The highest BCUT2D eigenvalue weighted by Crippen LogP contribution is 2.22. The van der Waals surface area contributed by atoms with E-state index < -0.39 is 0 Å². The second kappa shape index (κ2) is 5.33. The average Bonchev–Trinajstić information content (AvgIpc) is 2.02. The van der Waals surface area contributed by atoms with Crippen molar-refractivity contribution in [1.29, 1.82) is 0 Å². The van der Waals surface area contributed by atoms with E-state index in [1.54, 1.807) is 0 Å². The van der Waals surface area contributed by atoms with Gasteiger partial charge in [-0.1, -0.05) is 19.1 Å². The molecular weight excluding hydrogens is 136 g/mol. The molecule has 0 aromatic carbocycles. The molecule has 0 aliphatic carbocycles. The molecule has 66 valence electrons. The summed E-state index contributed by atoms with van der Waals surface area (Å²) >= 11 is 0. The Bertz CT molecular complexity index is 121. The van der Waals surface area contributed by atoms with E-state index in [0.717, 1.165) is 19.4 Å². The molecule has 0 fully saturated rings. The summed E-state index contributed by atoms with van der Waals surface area (Å²) in [5.74, 6) is 0. The Morgan fingerprint density at radius 2 is 2.00 bits per heavy atom. The summed E-state index contributed by atoms with van der Waals surface area (Å²) in [7, 11) is 0.